The van der Waals surface area contributed by atoms with E-state index in [2.05, 4.69) is 0 Å². The Morgan fingerprint density at radius 3 is 2.59 bits per heavy atom. The molecule has 0 saturated carbocycles. The molecule has 0 atom stereocenters. The van der Waals surface area contributed by atoms with Crippen LogP contribution >= 0.6 is 0 Å². The van der Waals surface area contributed by atoms with Gasteiger partial charge in [-0.15, -0.1) is 0 Å². The summed E-state index contributed by atoms with van der Waals surface area (Å²) in [6.07, 6.45) is 1.72. The molecule has 0 aliphatic rings. The highest BCUT2D eigenvalue weighted by molar-refractivity contribution is 5.29. The second-order valence-electron chi connectivity index (χ2n) is 3.57. The number of pyridine rings is 1. The molecule has 0 saturated heterocycles. The molecule has 1 aromatic heterocycles. The Balaban J connectivity index is 1.90. The maximum Gasteiger partial charge on any atom is 0.250 e. The number of hydrogen-bond acceptors (Lipinski definition) is 3. The van der Waals surface area contributed by atoms with Gasteiger partial charge in [0.25, 0.3) is 5.56 Å². The Morgan fingerprint density at radius 2 is 1.88 bits per heavy atom. The van der Waals surface area contributed by atoms with Gasteiger partial charge in [0, 0.05) is 12.3 Å². The fraction of sp³-hybridized carbons (Fsp3) is 0.154. The van der Waals surface area contributed by atoms with Crippen LogP contribution in [0.4, 0.5) is 0 Å². The number of ether oxygens (including phenoxy) is 1. The number of nitrogens with zero attached hydrogens (tertiary/aromatic N) is 1. The lowest BCUT2D eigenvalue weighted by atomic mass is 10.3. The van der Waals surface area contributed by atoms with E-state index in [1.165, 1.54) is 6.07 Å². The molecule has 0 radical (unpaired) electrons. The third-order valence-corrected chi connectivity index (χ3v) is 2.34. The number of aromatic nitrogens is 1. The summed E-state index contributed by atoms with van der Waals surface area (Å²) < 4.78 is 7.03. The van der Waals surface area contributed by atoms with Gasteiger partial charge in [0.1, 0.15) is 18.1 Å². The van der Waals surface area contributed by atoms with E-state index in [1.54, 1.807) is 41.1 Å². The molecule has 0 spiro atoms. The van der Waals surface area contributed by atoms with Crippen LogP contribution in [0, 0.1) is 0 Å². The molecule has 0 aliphatic heterocycles. The Morgan fingerprint density at radius 1 is 1.12 bits per heavy atom. The van der Waals surface area contributed by atoms with Crippen molar-refractivity contribution < 1.29 is 9.84 Å². The van der Waals surface area contributed by atoms with Gasteiger partial charge in [0.2, 0.25) is 0 Å². The fourth-order valence-electron chi connectivity index (χ4n) is 1.45. The topological polar surface area (TPSA) is 51.5 Å². The highest BCUT2D eigenvalue weighted by Gasteiger charge is 1.96. The van der Waals surface area contributed by atoms with Crippen molar-refractivity contribution in [1.29, 1.82) is 0 Å². The standard InChI is InChI=1S/C13H13NO3/c15-11-4-6-12(7-5-11)17-10-9-14-8-2-1-3-13(14)16/h1-8,15H,9-10H2. The molecule has 1 N–H and O–H groups in total. The summed E-state index contributed by atoms with van der Waals surface area (Å²) in [4.78, 5) is 11.4. The molecule has 0 aliphatic carbocycles. The first-order valence-corrected chi connectivity index (χ1v) is 5.33. The first-order chi connectivity index (χ1) is 8.25. The Hall–Kier alpha value is -2.23. The van der Waals surface area contributed by atoms with E-state index >= 15 is 0 Å². The highest BCUT2D eigenvalue weighted by Crippen LogP contribution is 2.15. The number of aromatic hydroxyl groups is 1. The van der Waals surface area contributed by atoms with Crippen LogP contribution in [0.3, 0.4) is 0 Å². The van der Waals surface area contributed by atoms with Gasteiger partial charge in [-0.2, -0.15) is 0 Å². The molecule has 0 amide bonds. The number of phenolic OH excluding ortho intramolecular Hbond substituents is 1. The van der Waals surface area contributed by atoms with E-state index in [-0.39, 0.29) is 11.3 Å². The van der Waals surface area contributed by atoms with Gasteiger partial charge in [0.15, 0.2) is 0 Å². The van der Waals surface area contributed by atoms with Crippen LogP contribution in [0.1, 0.15) is 0 Å². The smallest absolute Gasteiger partial charge is 0.250 e. The van der Waals surface area contributed by atoms with Crippen molar-refractivity contribution in [2.45, 2.75) is 6.54 Å². The minimum atomic E-state index is -0.0400. The monoisotopic (exact) mass is 231 g/mol. The van der Waals surface area contributed by atoms with Crippen molar-refractivity contribution in [1.82, 2.24) is 4.57 Å². The van der Waals surface area contributed by atoms with Gasteiger partial charge in [-0.1, -0.05) is 6.07 Å². The van der Waals surface area contributed by atoms with E-state index in [4.69, 9.17) is 9.84 Å². The van der Waals surface area contributed by atoms with Crippen LogP contribution in [0.2, 0.25) is 0 Å². The molecule has 1 aromatic carbocycles. The highest BCUT2D eigenvalue weighted by atomic mass is 16.5. The molecule has 0 unspecified atom stereocenters. The lowest BCUT2D eigenvalue weighted by Gasteiger charge is -2.07. The predicted molar refractivity (Wildman–Crippen MR) is 64.3 cm³/mol. The summed E-state index contributed by atoms with van der Waals surface area (Å²) >= 11 is 0. The van der Waals surface area contributed by atoms with E-state index in [0.717, 1.165) is 0 Å². The SMILES string of the molecule is O=c1ccccn1CCOc1ccc(O)cc1. The lowest BCUT2D eigenvalue weighted by Crippen LogP contribution is -2.21. The molecule has 1 heterocycles. The number of rotatable bonds is 4. The molecule has 17 heavy (non-hydrogen) atoms. The van der Waals surface area contributed by atoms with Crippen molar-refractivity contribution in [3.05, 3.63) is 59.0 Å². The summed E-state index contributed by atoms with van der Waals surface area (Å²) in [5.74, 6) is 0.878. The molecule has 0 fully saturated rings. The van der Waals surface area contributed by atoms with Gasteiger partial charge < -0.3 is 14.4 Å². The van der Waals surface area contributed by atoms with Crippen molar-refractivity contribution in [3.63, 3.8) is 0 Å². The molecule has 88 valence electrons. The molecule has 2 aromatic rings. The number of hydrogen-bond donors (Lipinski definition) is 1. The lowest BCUT2D eigenvalue weighted by molar-refractivity contribution is 0.296. The van der Waals surface area contributed by atoms with Crippen molar-refractivity contribution in [2.24, 2.45) is 0 Å². The van der Waals surface area contributed by atoms with Crippen molar-refractivity contribution in [2.75, 3.05) is 6.61 Å². The summed E-state index contributed by atoms with van der Waals surface area (Å²) in [5, 5.41) is 9.10. The average Bonchev–Trinajstić information content (AvgIpc) is 2.34. The zero-order valence-corrected chi connectivity index (χ0v) is 9.24. The first kappa shape index (κ1) is 11.3. The molecular weight excluding hydrogens is 218 g/mol. The predicted octanol–water partition coefficient (Wildman–Crippen LogP) is 1.63. The van der Waals surface area contributed by atoms with Gasteiger partial charge in [-0.05, 0) is 30.3 Å². The van der Waals surface area contributed by atoms with E-state index in [0.29, 0.717) is 18.9 Å². The van der Waals surface area contributed by atoms with Gasteiger partial charge >= 0.3 is 0 Å². The number of benzene rings is 1. The van der Waals surface area contributed by atoms with Gasteiger partial charge in [0.05, 0.1) is 6.54 Å². The summed E-state index contributed by atoms with van der Waals surface area (Å²) in [7, 11) is 0. The maximum atomic E-state index is 11.4. The van der Waals surface area contributed by atoms with Crippen LogP contribution in [0.5, 0.6) is 11.5 Å². The first-order valence-electron chi connectivity index (χ1n) is 5.33. The van der Waals surface area contributed by atoms with E-state index in [1.807, 2.05) is 6.07 Å². The second kappa shape index (κ2) is 5.21. The Labute approximate surface area is 98.7 Å². The fourth-order valence-corrected chi connectivity index (χ4v) is 1.45. The summed E-state index contributed by atoms with van der Waals surface area (Å²) in [5.41, 5.74) is -0.0400. The van der Waals surface area contributed by atoms with E-state index < -0.39 is 0 Å². The van der Waals surface area contributed by atoms with E-state index in [9.17, 15) is 4.79 Å². The zero-order chi connectivity index (χ0) is 12.1. The van der Waals surface area contributed by atoms with Crippen molar-refractivity contribution in [3.8, 4) is 11.5 Å². The normalized spacial score (nSPS) is 10.1. The van der Waals surface area contributed by atoms with Crippen LogP contribution < -0.4 is 10.3 Å². The maximum absolute atomic E-state index is 11.4. The molecule has 0 bridgehead atoms. The molecular formula is C13H13NO3. The van der Waals surface area contributed by atoms with Gasteiger partial charge in [-0.3, -0.25) is 4.79 Å². The Bertz CT molecular complexity index is 531. The minimum Gasteiger partial charge on any atom is -0.508 e. The van der Waals surface area contributed by atoms with Crippen molar-refractivity contribution >= 4 is 0 Å². The van der Waals surface area contributed by atoms with Gasteiger partial charge in [-0.25, -0.2) is 0 Å². The van der Waals surface area contributed by atoms with Crippen LogP contribution in [0.25, 0.3) is 0 Å². The third kappa shape index (κ3) is 3.11. The largest absolute Gasteiger partial charge is 0.508 e. The zero-order valence-electron chi connectivity index (χ0n) is 9.24. The molecule has 4 heteroatoms. The second-order valence-corrected chi connectivity index (χ2v) is 3.57. The third-order valence-electron chi connectivity index (χ3n) is 2.34. The summed E-state index contributed by atoms with van der Waals surface area (Å²) in [6.45, 7) is 0.912. The Kier molecular flexibility index (Phi) is 3.45. The number of phenols is 1. The average molecular weight is 231 g/mol. The molecule has 2 rings (SSSR count). The molecule has 4 nitrogen and oxygen atoms in total. The summed E-state index contributed by atoms with van der Waals surface area (Å²) in [6, 6.07) is 11.5. The van der Waals surface area contributed by atoms with Crippen LogP contribution in [-0.2, 0) is 6.54 Å². The minimum absolute atomic E-state index is 0.0400. The quantitative estimate of drug-likeness (QED) is 0.870. The van der Waals surface area contributed by atoms with Crippen LogP contribution in [0.15, 0.2) is 53.5 Å². The van der Waals surface area contributed by atoms with Crippen LogP contribution in [-0.4, -0.2) is 16.3 Å².